The molecule has 3 aromatic rings. The summed E-state index contributed by atoms with van der Waals surface area (Å²) in [6.07, 6.45) is 1.78. The van der Waals surface area contributed by atoms with Crippen LogP contribution in [0.1, 0.15) is 57.8 Å². The molecule has 1 heterocycles. The second kappa shape index (κ2) is 9.24. The van der Waals surface area contributed by atoms with Crippen molar-refractivity contribution in [2.45, 2.75) is 32.7 Å². The van der Waals surface area contributed by atoms with Crippen LogP contribution < -0.4 is 10.2 Å². The molecular formula is C26H24N2O5. The molecule has 0 spiro atoms. The lowest BCUT2D eigenvalue weighted by atomic mass is 9.94. The molecule has 0 radical (unpaired) electrons. The number of hydrogen-bond donors (Lipinski definition) is 1. The summed E-state index contributed by atoms with van der Waals surface area (Å²) >= 11 is 0. The van der Waals surface area contributed by atoms with Crippen molar-refractivity contribution in [3.63, 3.8) is 0 Å². The Morgan fingerprint density at radius 1 is 0.939 bits per heavy atom. The van der Waals surface area contributed by atoms with Crippen LogP contribution >= 0.6 is 0 Å². The summed E-state index contributed by atoms with van der Waals surface area (Å²) in [5, 5.41) is 4.25. The van der Waals surface area contributed by atoms with Gasteiger partial charge < -0.3 is 10.1 Å². The molecule has 33 heavy (non-hydrogen) atoms. The maximum Gasteiger partial charge on any atom is 0.338 e. The molecule has 1 aliphatic heterocycles. The summed E-state index contributed by atoms with van der Waals surface area (Å²) in [6, 6.07) is 16.7. The van der Waals surface area contributed by atoms with Crippen molar-refractivity contribution < 1.29 is 23.9 Å². The summed E-state index contributed by atoms with van der Waals surface area (Å²) in [5.41, 5.74) is 1.47. The molecule has 1 N–H and O–H groups in total. The lowest BCUT2D eigenvalue weighted by Gasteiger charge is -2.27. The van der Waals surface area contributed by atoms with Crippen molar-refractivity contribution >= 4 is 40.2 Å². The van der Waals surface area contributed by atoms with Crippen LogP contribution in [0, 0.1) is 0 Å². The van der Waals surface area contributed by atoms with Crippen molar-refractivity contribution in [1.29, 1.82) is 0 Å². The maximum atomic E-state index is 13.1. The van der Waals surface area contributed by atoms with Crippen LogP contribution in [0.2, 0.25) is 0 Å². The minimum absolute atomic E-state index is 0.0103. The Bertz CT molecular complexity index is 1200. The van der Waals surface area contributed by atoms with E-state index in [2.05, 4.69) is 5.32 Å². The van der Waals surface area contributed by atoms with Gasteiger partial charge in [0.1, 0.15) is 0 Å². The van der Waals surface area contributed by atoms with Gasteiger partial charge in [-0.05, 0) is 55.1 Å². The van der Waals surface area contributed by atoms with Crippen LogP contribution in [0.15, 0.2) is 60.7 Å². The second-order valence-electron chi connectivity index (χ2n) is 8.04. The Hall–Kier alpha value is -4.00. The molecule has 0 saturated carbocycles. The van der Waals surface area contributed by atoms with Gasteiger partial charge in [-0.15, -0.1) is 0 Å². The van der Waals surface area contributed by atoms with Gasteiger partial charge in [-0.2, -0.15) is 0 Å². The minimum atomic E-state index is -0.661. The zero-order valence-corrected chi connectivity index (χ0v) is 18.5. The smallest absolute Gasteiger partial charge is 0.338 e. The summed E-state index contributed by atoms with van der Waals surface area (Å²) in [6.45, 7) is 3.54. The quantitative estimate of drug-likeness (QED) is 0.437. The highest BCUT2D eigenvalue weighted by Crippen LogP contribution is 2.32. The number of nitrogens with one attached hydrogen (secondary N) is 1. The Morgan fingerprint density at radius 2 is 1.55 bits per heavy atom. The number of hydrogen-bond acceptors (Lipinski definition) is 5. The van der Waals surface area contributed by atoms with E-state index in [9.17, 15) is 19.2 Å². The topological polar surface area (TPSA) is 92.8 Å². The molecule has 0 fully saturated rings. The number of esters is 1. The first-order valence-corrected chi connectivity index (χ1v) is 10.9. The SMILES string of the molecule is CCCC(C)NC(=O)COC(=O)c1ccc(N2C(=O)c3cccc4cccc(c34)C2=O)cc1. The average molecular weight is 444 g/mol. The molecule has 7 nitrogen and oxygen atoms in total. The third kappa shape index (κ3) is 4.35. The summed E-state index contributed by atoms with van der Waals surface area (Å²) in [5.74, 6) is -1.86. The fourth-order valence-electron chi connectivity index (χ4n) is 4.05. The largest absolute Gasteiger partial charge is 0.452 e. The monoisotopic (exact) mass is 444 g/mol. The molecule has 3 amide bonds. The minimum Gasteiger partial charge on any atom is -0.452 e. The van der Waals surface area contributed by atoms with Gasteiger partial charge in [-0.25, -0.2) is 9.69 Å². The van der Waals surface area contributed by atoms with E-state index >= 15 is 0 Å². The van der Waals surface area contributed by atoms with Crippen molar-refractivity contribution in [2.24, 2.45) is 0 Å². The number of anilines is 1. The molecule has 0 bridgehead atoms. The molecule has 1 atom stereocenters. The van der Waals surface area contributed by atoms with Crippen molar-refractivity contribution in [1.82, 2.24) is 5.32 Å². The van der Waals surface area contributed by atoms with Crippen LogP contribution in [-0.2, 0) is 9.53 Å². The molecule has 1 unspecified atom stereocenters. The number of rotatable bonds is 7. The molecule has 0 saturated heterocycles. The molecule has 7 heteroatoms. The summed E-state index contributed by atoms with van der Waals surface area (Å²) in [7, 11) is 0. The number of benzene rings is 3. The van der Waals surface area contributed by atoms with Gasteiger partial charge in [-0.1, -0.05) is 37.6 Å². The lowest BCUT2D eigenvalue weighted by molar-refractivity contribution is -0.124. The Morgan fingerprint density at radius 3 is 2.12 bits per heavy atom. The second-order valence-corrected chi connectivity index (χ2v) is 8.04. The van der Waals surface area contributed by atoms with E-state index in [1.54, 1.807) is 24.3 Å². The third-order valence-corrected chi connectivity index (χ3v) is 5.60. The van der Waals surface area contributed by atoms with Crippen molar-refractivity contribution in [2.75, 3.05) is 11.5 Å². The van der Waals surface area contributed by atoms with Gasteiger partial charge in [0.15, 0.2) is 6.61 Å². The first kappa shape index (κ1) is 22.2. The van der Waals surface area contributed by atoms with Gasteiger partial charge in [-0.3, -0.25) is 14.4 Å². The Balaban J connectivity index is 1.48. The number of ether oxygens (including phenoxy) is 1. The summed E-state index contributed by atoms with van der Waals surface area (Å²) < 4.78 is 5.08. The predicted molar refractivity (Wildman–Crippen MR) is 124 cm³/mol. The third-order valence-electron chi connectivity index (χ3n) is 5.60. The number of nitrogens with zero attached hydrogens (tertiary/aromatic N) is 1. The van der Waals surface area contributed by atoms with Gasteiger partial charge in [0.25, 0.3) is 17.7 Å². The zero-order valence-electron chi connectivity index (χ0n) is 18.5. The average Bonchev–Trinajstić information content (AvgIpc) is 2.81. The molecule has 3 aromatic carbocycles. The highest BCUT2D eigenvalue weighted by Gasteiger charge is 2.33. The van der Waals surface area contributed by atoms with Crippen LogP contribution in [0.4, 0.5) is 5.69 Å². The molecule has 1 aliphatic rings. The van der Waals surface area contributed by atoms with Crippen LogP contribution in [0.5, 0.6) is 0 Å². The highest BCUT2D eigenvalue weighted by atomic mass is 16.5. The number of carbonyl (C=O) groups is 4. The first-order valence-electron chi connectivity index (χ1n) is 10.9. The van der Waals surface area contributed by atoms with Crippen LogP contribution in [0.3, 0.4) is 0 Å². The molecular weight excluding hydrogens is 420 g/mol. The fourth-order valence-corrected chi connectivity index (χ4v) is 4.05. The van der Waals surface area contributed by atoms with Gasteiger partial charge >= 0.3 is 5.97 Å². The first-order chi connectivity index (χ1) is 15.9. The van der Waals surface area contributed by atoms with Crippen LogP contribution in [-0.4, -0.2) is 36.3 Å². The van der Waals surface area contributed by atoms with Crippen molar-refractivity contribution in [3.8, 4) is 0 Å². The molecule has 0 aliphatic carbocycles. The molecule has 168 valence electrons. The van der Waals surface area contributed by atoms with E-state index in [1.165, 1.54) is 24.3 Å². The molecule has 0 aromatic heterocycles. The molecule has 4 rings (SSSR count). The van der Waals surface area contributed by atoms with Gasteiger partial charge in [0.05, 0.1) is 11.3 Å². The normalized spacial score (nSPS) is 13.7. The van der Waals surface area contributed by atoms with E-state index in [4.69, 9.17) is 4.74 Å². The Kier molecular flexibility index (Phi) is 6.22. The van der Waals surface area contributed by atoms with E-state index in [-0.39, 0.29) is 24.1 Å². The van der Waals surface area contributed by atoms with Gasteiger partial charge in [0, 0.05) is 22.6 Å². The zero-order chi connectivity index (χ0) is 23.5. The highest BCUT2D eigenvalue weighted by molar-refractivity contribution is 6.35. The van der Waals surface area contributed by atoms with E-state index in [0.29, 0.717) is 22.2 Å². The number of amides is 3. The standard InChI is InChI=1S/C26H24N2O5/c1-3-6-16(2)27-22(29)15-33-26(32)18-11-13-19(14-12-18)28-24(30)20-9-4-7-17-8-5-10-21(23(17)20)25(28)31/h4-5,7-14,16H,3,6,15H2,1-2H3,(H,27,29). The van der Waals surface area contributed by atoms with E-state index in [1.807, 2.05) is 26.0 Å². The predicted octanol–water partition coefficient (Wildman–Crippen LogP) is 4.10. The number of imide groups is 1. The Labute approximate surface area is 191 Å². The number of carbonyl (C=O) groups excluding carboxylic acids is 4. The van der Waals surface area contributed by atoms with Gasteiger partial charge in [0.2, 0.25) is 0 Å². The van der Waals surface area contributed by atoms with E-state index < -0.39 is 17.8 Å². The van der Waals surface area contributed by atoms with Crippen molar-refractivity contribution in [3.05, 3.63) is 77.4 Å². The summed E-state index contributed by atoms with van der Waals surface area (Å²) in [4.78, 5) is 51.6. The van der Waals surface area contributed by atoms with E-state index in [0.717, 1.165) is 23.1 Å². The maximum absolute atomic E-state index is 13.1. The lowest BCUT2D eigenvalue weighted by Crippen LogP contribution is -2.40. The van der Waals surface area contributed by atoms with Crippen LogP contribution in [0.25, 0.3) is 10.8 Å². The fraction of sp³-hybridized carbons (Fsp3) is 0.231.